The summed E-state index contributed by atoms with van der Waals surface area (Å²) in [5.41, 5.74) is -0.824. The first-order valence-corrected chi connectivity index (χ1v) is 4.41. The van der Waals surface area contributed by atoms with E-state index in [1.54, 1.807) is 25.6 Å². The summed E-state index contributed by atoms with van der Waals surface area (Å²) in [5, 5.41) is 9.24. The van der Waals surface area contributed by atoms with Crippen molar-refractivity contribution in [2.75, 3.05) is 6.61 Å². The van der Waals surface area contributed by atoms with Crippen LogP contribution in [0.1, 0.15) is 19.8 Å². The molecule has 0 radical (unpaired) electrons. The number of hydrogen-bond donors (Lipinski definition) is 2. The molecular weight excluding hydrogens is 184 g/mol. The van der Waals surface area contributed by atoms with Crippen molar-refractivity contribution in [1.82, 2.24) is 9.97 Å². The smallest absolute Gasteiger partial charge is 0.308 e. The third-order valence-electron chi connectivity index (χ3n) is 1.83. The van der Waals surface area contributed by atoms with Crippen LogP contribution in [0.3, 0.4) is 0 Å². The Morgan fingerprint density at radius 3 is 2.79 bits per heavy atom. The molecule has 0 aliphatic carbocycles. The van der Waals surface area contributed by atoms with Gasteiger partial charge in [-0.05, 0) is 6.92 Å². The lowest BCUT2D eigenvalue weighted by Gasteiger charge is -2.26. The van der Waals surface area contributed by atoms with Crippen molar-refractivity contribution in [3.63, 3.8) is 0 Å². The van der Waals surface area contributed by atoms with Crippen LogP contribution in [-0.4, -0.2) is 33.3 Å². The fourth-order valence-corrected chi connectivity index (χ4v) is 1.05. The highest BCUT2D eigenvalue weighted by molar-refractivity contribution is 5.71. The zero-order chi connectivity index (χ0) is 10.4. The molecule has 0 spiro atoms. The van der Waals surface area contributed by atoms with Crippen LogP contribution in [0.25, 0.3) is 0 Å². The first-order chi connectivity index (χ1) is 6.60. The monoisotopic (exact) mass is 198 g/mol. The molecule has 1 saturated heterocycles. The fraction of sp³-hybridized carbons (Fsp3) is 0.556. The lowest BCUT2D eigenvalue weighted by molar-refractivity contribution is -0.157. The molecule has 2 rings (SSSR count). The third-order valence-corrected chi connectivity index (χ3v) is 1.83. The number of carbonyl (C=O) groups excluding carboxylic acids is 1. The Balaban J connectivity index is 0.000000165. The van der Waals surface area contributed by atoms with Gasteiger partial charge < -0.3 is 14.8 Å². The van der Waals surface area contributed by atoms with E-state index in [2.05, 4.69) is 14.7 Å². The maximum Gasteiger partial charge on any atom is 0.308 e. The number of rotatable bonds is 0. The lowest BCUT2D eigenvalue weighted by Crippen LogP contribution is -2.35. The Kier molecular flexibility index (Phi) is 3.64. The number of aromatic nitrogens is 2. The Morgan fingerprint density at radius 1 is 1.71 bits per heavy atom. The van der Waals surface area contributed by atoms with Gasteiger partial charge in [0, 0.05) is 18.8 Å². The molecule has 0 amide bonds. The van der Waals surface area contributed by atoms with Crippen LogP contribution in [0.4, 0.5) is 0 Å². The number of esters is 1. The summed E-state index contributed by atoms with van der Waals surface area (Å²) in [4.78, 5) is 16.9. The second kappa shape index (κ2) is 4.76. The first kappa shape index (κ1) is 10.7. The SMILES string of the molecule is CC1(O)CCOC(=O)C1.c1c[nH]cn1. The summed E-state index contributed by atoms with van der Waals surface area (Å²) in [6, 6.07) is 0. The average Bonchev–Trinajstić information content (AvgIpc) is 2.57. The standard InChI is InChI=1S/C6H10O3.C3H4N2/c1-6(8)2-3-9-5(7)4-6;1-2-5-3-4-1/h8H,2-4H2,1H3;1-3H,(H,4,5). The maximum atomic E-state index is 10.5. The zero-order valence-electron chi connectivity index (χ0n) is 8.06. The molecule has 2 heterocycles. The van der Waals surface area contributed by atoms with Gasteiger partial charge in [-0.2, -0.15) is 0 Å². The quantitative estimate of drug-likeness (QED) is 0.595. The van der Waals surface area contributed by atoms with E-state index in [1.165, 1.54) is 0 Å². The predicted octanol–water partition coefficient (Wildman–Crippen LogP) is 0.484. The van der Waals surface area contributed by atoms with E-state index in [0.29, 0.717) is 13.0 Å². The van der Waals surface area contributed by atoms with Crippen LogP contribution in [0.15, 0.2) is 18.7 Å². The van der Waals surface area contributed by atoms with Crippen molar-refractivity contribution >= 4 is 5.97 Å². The fourth-order valence-electron chi connectivity index (χ4n) is 1.05. The normalized spacial score (nSPS) is 26.0. The van der Waals surface area contributed by atoms with Gasteiger partial charge in [-0.25, -0.2) is 4.98 Å². The molecule has 1 fully saturated rings. The maximum absolute atomic E-state index is 10.5. The van der Waals surface area contributed by atoms with E-state index in [1.807, 2.05) is 0 Å². The molecule has 1 aliphatic rings. The topological polar surface area (TPSA) is 75.2 Å². The molecule has 0 aromatic carbocycles. The summed E-state index contributed by atoms with van der Waals surface area (Å²) in [5.74, 6) is -0.300. The largest absolute Gasteiger partial charge is 0.465 e. The van der Waals surface area contributed by atoms with Crippen molar-refractivity contribution < 1.29 is 14.6 Å². The highest BCUT2D eigenvalue weighted by Gasteiger charge is 2.29. The molecule has 1 aliphatic heterocycles. The molecule has 2 N–H and O–H groups in total. The molecule has 0 saturated carbocycles. The van der Waals surface area contributed by atoms with E-state index in [9.17, 15) is 9.90 Å². The Morgan fingerprint density at radius 2 is 2.50 bits per heavy atom. The second-order valence-corrected chi connectivity index (χ2v) is 3.40. The van der Waals surface area contributed by atoms with Gasteiger partial charge in [-0.1, -0.05) is 0 Å². The number of hydrogen-bond acceptors (Lipinski definition) is 4. The number of imidazole rings is 1. The highest BCUT2D eigenvalue weighted by atomic mass is 16.5. The molecule has 1 unspecified atom stereocenters. The lowest BCUT2D eigenvalue weighted by atomic mass is 9.97. The van der Waals surface area contributed by atoms with Gasteiger partial charge in [0.1, 0.15) is 0 Å². The number of nitrogens with one attached hydrogen (secondary N) is 1. The van der Waals surface area contributed by atoms with Gasteiger partial charge in [0.25, 0.3) is 0 Å². The van der Waals surface area contributed by atoms with E-state index < -0.39 is 5.60 Å². The number of cyclic esters (lactones) is 1. The molecular formula is C9H14N2O3. The van der Waals surface area contributed by atoms with Crippen molar-refractivity contribution in [3.05, 3.63) is 18.7 Å². The summed E-state index contributed by atoms with van der Waals surface area (Å²) in [6.07, 6.45) is 5.77. The van der Waals surface area contributed by atoms with Gasteiger partial charge in [0.15, 0.2) is 0 Å². The van der Waals surface area contributed by atoms with E-state index in [4.69, 9.17) is 0 Å². The highest BCUT2D eigenvalue weighted by Crippen LogP contribution is 2.19. The minimum absolute atomic E-state index is 0.132. The number of ether oxygens (including phenoxy) is 1. The van der Waals surface area contributed by atoms with Crippen LogP contribution < -0.4 is 0 Å². The van der Waals surface area contributed by atoms with E-state index >= 15 is 0 Å². The van der Waals surface area contributed by atoms with Crippen LogP contribution in [0.2, 0.25) is 0 Å². The molecule has 14 heavy (non-hydrogen) atoms. The Bertz CT molecular complexity index is 252. The van der Waals surface area contributed by atoms with Gasteiger partial charge >= 0.3 is 5.97 Å². The second-order valence-electron chi connectivity index (χ2n) is 3.40. The number of carbonyl (C=O) groups is 1. The van der Waals surface area contributed by atoms with Crippen LogP contribution in [0, 0.1) is 0 Å². The summed E-state index contributed by atoms with van der Waals surface area (Å²) in [7, 11) is 0. The van der Waals surface area contributed by atoms with Gasteiger partial charge in [-0.15, -0.1) is 0 Å². The van der Waals surface area contributed by atoms with Crippen molar-refractivity contribution in [3.8, 4) is 0 Å². The van der Waals surface area contributed by atoms with Gasteiger partial charge in [0.2, 0.25) is 0 Å². The molecule has 0 bridgehead atoms. The van der Waals surface area contributed by atoms with Crippen molar-refractivity contribution in [2.24, 2.45) is 0 Å². The molecule has 78 valence electrons. The Hall–Kier alpha value is -1.36. The van der Waals surface area contributed by atoms with E-state index in [-0.39, 0.29) is 12.4 Å². The first-order valence-electron chi connectivity index (χ1n) is 4.41. The van der Waals surface area contributed by atoms with Crippen LogP contribution in [-0.2, 0) is 9.53 Å². The summed E-state index contributed by atoms with van der Waals surface area (Å²) < 4.78 is 4.61. The van der Waals surface area contributed by atoms with Crippen LogP contribution >= 0.6 is 0 Å². The number of H-pyrrole nitrogens is 1. The number of nitrogens with zero attached hydrogens (tertiary/aromatic N) is 1. The number of aliphatic hydroxyl groups is 1. The minimum atomic E-state index is -0.824. The molecule has 5 nitrogen and oxygen atoms in total. The number of aromatic amines is 1. The molecule has 1 aromatic heterocycles. The van der Waals surface area contributed by atoms with Crippen LogP contribution in [0.5, 0.6) is 0 Å². The van der Waals surface area contributed by atoms with Crippen molar-refractivity contribution in [2.45, 2.75) is 25.4 Å². The zero-order valence-corrected chi connectivity index (χ0v) is 8.06. The summed E-state index contributed by atoms with van der Waals surface area (Å²) in [6.45, 7) is 2.00. The van der Waals surface area contributed by atoms with Gasteiger partial charge in [0.05, 0.1) is 25.0 Å². The third kappa shape index (κ3) is 4.04. The minimum Gasteiger partial charge on any atom is -0.465 e. The van der Waals surface area contributed by atoms with Crippen molar-refractivity contribution in [1.29, 1.82) is 0 Å². The van der Waals surface area contributed by atoms with E-state index in [0.717, 1.165) is 0 Å². The predicted molar refractivity (Wildman–Crippen MR) is 49.4 cm³/mol. The summed E-state index contributed by atoms with van der Waals surface area (Å²) >= 11 is 0. The Labute approximate surface area is 82.1 Å². The molecule has 1 atom stereocenters. The molecule has 1 aromatic rings. The molecule has 5 heteroatoms. The van der Waals surface area contributed by atoms with Gasteiger partial charge in [-0.3, -0.25) is 4.79 Å². The average molecular weight is 198 g/mol.